The third-order valence-electron chi connectivity index (χ3n) is 4.38. The lowest BCUT2D eigenvalue weighted by molar-refractivity contribution is -0.142. The lowest BCUT2D eigenvalue weighted by Crippen LogP contribution is -2.43. The van der Waals surface area contributed by atoms with Crippen LogP contribution < -0.4 is 0 Å². The zero-order valence-electron chi connectivity index (χ0n) is 22.4. The molecular formula is C22H46BN2O7S3. The molecule has 3 radical (unpaired) electrons. The lowest BCUT2D eigenvalue weighted by Gasteiger charge is -2.27. The quantitative estimate of drug-likeness (QED) is 0.494. The standard InChI is InChI=1S/C10H17NO4.C10H19NO3.C2H6S.B.2H2S/c1-10(2,3)15-9(14)11-6-4-5-7(11)8(12)13;1-10(2,3)14-9(13)11-6-4-5-8(11)7-12;1-3-2;;;/h7H,4-6H2,1-3H3,(H,12,13);8,12H,4-7H2,1-3H3;1-2H3;;2*1H2/t7-;8-;;;;/m00..../s1. The molecule has 35 heavy (non-hydrogen) atoms. The van der Waals surface area contributed by atoms with Crippen molar-refractivity contribution in [3.05, 3.63) is 0 Å². The number of carboxylic acid groups (broad SMARTS) is 1. The number of hydrogen-bond acceptors (Lipinski definition) is 7. The lowest BCUT2D eigenvalue weighted by atomic mass is 10.2. The van der Waals surface area contributed by atoms with Crippen molar-refractivity contribution < 1.29 is 34.1 Å². The monoisotopic (exact) mass is 557 g/mol. The van der Waals surface area contributed by atoms with Crippen molar-refractivity contribution in [1.82, 2.24) is 9.80 Å². The molecule has 2 heterocycles. The van der Waals surface area contributed by atoms with Gasteiger partial charge in [0.05, 0.1) is 12.6 Å². The van der Waals surface area contributed by atoms with Gasteiger partial charge in [-0.3, -0.25) is 4.90 Å². The molecule has 9 nitrogen and oxygen atoms in total. The Labute approximate surface area is 231 Å². The molecule has 0 aromatic rings. The highest BCUT2D eigenvalue weighted by Crippen LogP contribution is 2.21. The van der Waals surface area contributed by atoms with E-state index in [1.165, 1.54) is 4.90 Å². The minimum absolute atomic E-state index is 0. The molecule has 2 amide bonds. The molecule has 13 heteroatoms. The van der Waals surface area contributed by atoms with Crippen molar-refractivity contribution in [2.24, 2.45) is 0 Å². The molecule has 0 aliphatic carbocycles. The Morgan fingerprint density at radius 2 is 1.23 bits per heavy atom. The maximum Gasteiger partial charge on any atom is 0.411 e. The molecule has 2 fully saturated rings. The number of aliphatic hydroxyl groups excluding tert-OH is 1. The van der Waals surface area contributed by atoms with Gasteiger partial charge >= 0.3 is 18.2 Å². The summed E-state index contributed by atoms with van der Waals surface area (Å²) in [6.07, 6.45) is 6.28. The predicted octanol–water partition coefficient (Wildman–Crippen LogP) is 3.67. The van der Waals surface area contributed by atoms with Crippen LogP contribution in [0.5, 0.6) is 0 Å². The van der Waals surface area contributed by atoms with Crippen molar-refractivity contribution in [3.8, 4) is 0 Å². The van der Waals surface area contributed by atoms with Crippen LogP contribution in [0.3, 0.4) is 0 Å². The van der Waals surface area contributed by atoms with E-state index in [1.54, 1.807) is 37.4 Å². The van der Waals surface area contributed by atoms with Crippen molar-refractivity contribution in [1.29, 1.82) is 0 Å². The second-order valence-electron chi connectivity index (χ2n) is 9.73. The van der Waals surface area contributed by atoms with E-state index < -0.39 is 29.3 Å². The summed E-state index contributed by atoms with van der Waals surface area (Å²) in [7, 11) is 0. The molecule has 0 saturated carbocycles. The van der Waals surface area contributed by atoms with Crippen LogP contribution in [0, 0.1) is 0 Å². The van der Waals surface area contributed by atoms with Gasteiger partial charge in [-0.1, -0.05) is 0 Å². The molecule has 207 valence electrons. The Morgan fingerprint density at radius 1 is 0.857 bits per heavy atom. The average molecular weight is 558 g/mol. The summed E-state index contributed by atoms with van der Waals surface area (Å²) in [5.74, 6) is -0.960. The highest BCUT2D eigenvalue weighted by atomic mass is 32.2. The minimum Gasteiger partial charge on any atom is -0.480 e. The fourth-order valence-corrected chi connectivity index (χ4v) is 3.15. The van der Waals surface area contributed by atoms with Crippen LogP contribution in [-0.4, -0.2) is 102 Å². The van der Waals surface area contributed by atoms with Gasteiger partial charge in [0.25, 0.3) is 0 Å². The molecule has 0 bridgehead atoms. The van der Waals surface area contributed by atoms with Crippen molar-refractivity contribution in [2.75, 3.05) is 32.2 Å². The van der Waals surface area contributed by atoms with Gasteiger partial charge in [-0.25, -0.2) is 14.4 Å². The number of aliphatic carboxylic acids is 1. The molecule has 2 N–H and O–H groups in total. The van der Waals surface area contributed by atoms with E-state index in [4.69, 9.17) is 19.7 Å². The summed E-state index contributed by atoms with van der Waals surface area (Å²) in [5.41, 5.74) is -1.04. The molecule has 2 aliphatic rings. The number of amides is 2. The van der Waals surface area contributed by atoms with Crippen LogP contribution in [0.2, 0.25) is 0 Å². The number of rotatable bonds is 2. The highest BCUT2D eigenvalue weighted by molar-refractivity contribution is 7.97. The smallest absolute Gasteiger partial charge is 0.411 e. The normalized spacial score (nSPS) is 18.8. The van der Waals surface area contributed by atoms with Crippen molar-refractivity contribution in [3.63, 3.8) is 0 Å². The topological polar surface area (TPSA) is 117 Å². The summed E-state index contributed by atoms with van der Waals surface area (Å²) in [5, 5.41) is 17.9. The SMILES string of the molecule is CC(C)(C)OC(=O)N1CCC[C@H]1C(=O)O.CC(C)(C)OC(=O)N1CCC[C@H]1CO.CSC.S.S.[B]. The van der Waals surface area contributed by atoms with Gasteiger partial charge in [-0.05, 0) is 79.7 Å². The molecule has 0 unspecified atom stereocenters. The average Bonchev–Trinajstić information content (AvgIpc) is 3.29. The summed E-state index contributed by atoms with van der Waals surface area (Å²) in [6, 6.07) is -0.773. The van der Waals surface area contributed by atoms with E-state index in [0.717, 1.165) is 19.3 Å². The summed E-state index contributed by atoms with van der Waals surface area (Å²) < 4.78 is 10.4. The third-order valence-corrected chi connectivity index (χ3v) is 4.38. The number of ether oxygens (including phenoxy) is 2. The van der Waals surface area contributed by atoms with Crippen LogP contribution >= 0.6 is 38.8 Å². The number of nitrogens with zero attached hydrogens (tertiary/aromatic N) is 2. The fraction of sp³-hybridized carbons (Fsp3) is 0.864. The number of likely N-dealkylation sites (tertiary alicyclic amines) is 2. The van der Waals surface area contributed by atoms with Gasteiger partial charge in [0.1, 0.15) is 17.2 Å². The first-order valence-electron chi connectivity index (χ1n) is 10.9. The van der Waals surface area contributed by atoms with E-state index in [9.17, 15) is 14.4 Å². The zero-order valence-corrected chi connectivity index (χ0v) is 25.2. The minimum atomic E-state index is -0.960. The van der Waals surface area contributed by atoms with Gasteiger partial charge in [-0.2, -0.15) is 38.8 Å². The number of carboxylic acids is 1. The molecule has 2 saturated heterocycles. The molecular weight excluding hydrogens is 511 g/mol. The molecule has 2 aliphatic heterocycles. The number of aliphatic hydroxyl groups is 1. The second kappa shape index (κ2) is 19.2. The Hall–Kier alpha value is -0.915. The Bertz CT molecular complexity index is 617. The van der Waals surface area contributed by atoms with Crippen LogP contribution in [0.4, 0.5) is 9.59 Å². The molecule has 2 rings (SSSR count). The van der Waals surface area contributed by atoms with Crippen LogP contribution in [-0.2, 0) is 14.3 Å². The molecule has 0 aromatic carbocycles. The maximum absolute atomic E-state index is 11.6. The maximum atomic E-state index is 11.6. The van der Waals surface area contributed by atoms with Gasteiger partial charge in [0.2, 0.25) is 0 Å². The fourth-order valence-electron chi connectivity index (χ4n) is 3.15. The number of hydrogen-bond donors (Lipinski definition) is 2. The summed E-state index contributed by atoms with van der Waals surface area (Å²) in [6.45, 7) is 12.0. The second-order valence-corrected chi connectivity index (χ2v) is 10.5. The highest BCUT2D eigenvalue weighted by Gasteiger charge is 2.36. The van der Waals surface area contributed by atoms with Crippen LogP contribution in [0.15, 0.2) is 0 Å². The Morgan fingerprint density at radius 3 is 1.60 bits per heavy atom. The van der Waals surface area contributed by atoms with E-state index in [2.05, 4.69) is 0 Å². The number of thioether (sulfide) groups is 1. The van der Waals surface area contributed by atoms with E-state index in [-0.39, 0.29) is 54.1 Å². The van der Waals surface area contributed by atoms with Gasteiger partial charge < -0.3 is 24.6 Å². The van der Waals surface area contributed by atoms with Gasteiger partial charge in [0, 0.05) is 21.5 Å². The van der Waals surface area contributed by atoms with Gasteiger partial charge in [-0.15, -0.1) is 0 Å². The largest absolute Gasteiger partial charge is 0.480 e. The van der Waals surface area contributed by atoms with Crippen LogP contribution in [0.1, 0.15) is 67.2 Å². The number of carbonyl (C=O) groups is 3. The molecule has 0 spiro atoms. The Balaban J connectivity index is -0.000000229. The predicted molar refractivity (Wildman–Crippen MR) is 153 cm³/mol. The van der Waals surface area contributed by atoms with E-state index in [1.807, 2.05) is 33.3 Å². The molecule has 2 atom stereocenters. The van der Waals surface area contributed by atoms with Crippen molar-refractivity contribution >= 4 is 65.3 Å². The first kappa shape index (κ1) is 41.2. The van der Waals surface area contributed by atoms with Crippen LogP contribution in [0.25, 0.3) is 0 Å². The first-order valence-corrected chi connectivity index (χ1v) is 12.5. The Kier molecular flexibility index (Phi) is 22.6. The first-order chi connectivity index (χ1) is 14.7. The van der Waals surface area contributed by atoms with E-state index in [0.29, 0.717) is 19.5 Å². The van der Waals surface area contributed by atoms with Gasteiger partial charge in [0.15, 0.2) is 0 Å². The summed E-state index contributed by atoms with van der Waals surface area (Å²) in [4.78, 5) is 37.0. The van der Waals surface area contributed by atoms with Crippen molar-refractivity contribution in [2.45, 2.75) is 90.5 Å². The summed E-state index contributed by atoms with van der Waals surface area (Å²) >= 11 is 1.75. The molecule has 0 aromatic heterocycles. The third kappa shape index (κ3) is 17.2. The zero-order chi connectivity index (χ0) is 25.1. The number of carbonyl (C=O) groups excluding carboxylic acids is 2. The van der Waals surface area contributed by atoms with E-state index >= 15 is 0 Å².